The second-order valence-corrected chi connectivity index (χ2v) is 5.08. The maximum Gasteiger partial charge on any atom is 0.148 e. The fraction of sp³-hybridized carbons (Fsp3) is 0.353. The monoisotopic (exact) mass is 315 g/mol. The van der Waals surface area contributed by atoms with Crippen molar-refractivity contribution < 1.29 is 4.74 Å². The molecule has 0 atom stereocenters. The molecule has 0 bridgehead atoms. The van der Waals surface area contributed by atoms with Gasteiger partial charge in [0.1, 0.15) is 27.8 Å². The van der Waals surface area contributed by atoms with Gasteiger partial charge in [-0.05, 0) is 45.0 Å². The first kappa shape index (κ1) is 17.9. The molecular formula is C17H21N3OS. The molecule has 0 saturated carbocycles. The van der Waals surface area contributed by atoms with E-state index in [1.54, 1.807) is 0 Å². The molecule has 1 heterocycles. The molecule has 0 aliphatic heterocycles. The predicted molar refractivity (Wildman–Crippen MR) is 91.4 cm³/mol. The van der Waals surface area contributed by atoms with Crippen LogP contribution in [0.4, 0.5) is 0 Å². The van der Waals surface area contributed by atoms with Gasteiger partial charge in [-0.2, -0.15) is 5.26 Å². The quantitative estimate of drug-likeness (QED) is 0.826. The summed E-state index contributed by atoms with van der Waals surface area (Å²) in [6.45, 7) is 9.78. The summed E-state index contributed by atoms with van der Waals surface area (Å²) in [5.74, 6) is 1.47. The number of aromatic nitrogens is 2. The van der Waals surface area contributed by atoms with Gasteiger partial charge in [0.25, 0.3) is 0 Å². The molecule has 2 rings (SSSR count). The number of ether oxygens (including phenoxy) is 1. The molecule has 2 aromatic rings. The molecule has 5 heteroatoms. The Morgan fingerprint density at radius 2 is 1.82 bits per heavy atom. The first-order valence-corrected chi connectivity index (χ1v) is 7.70. The largest absolute Gasteiger partial charge is 0.491 e. The molecule has 0 unspecified atom stereocenters. The fourth-order valence-electron chi connectivity index (χ4n) is 1.82. The van der Waals surface area contributed by atoms with Crippen LogP contribution in [0.15, 0.2) is 24.3 Å². The minimum absolute atomic E-state index is 0.141. The summed E-state index contributed by atoms with van der Waals surface area (Å²) in [4.78, 5) is 7.36. The molecule has 1 N–H and O–H groups in total. The average molecular weight is 315 g/mol. The summed E-state index contributed by atoms with van der Waals surface area (Å²) in [6, 6.07) is 9.66. The van der Waals surface area contributed by atoms with Crippen molar-refractivity contribution in [3.05, 3.63) is 40.2 Å². The lowest BCUT2D eigenvalue weighted by molar-refractivity contribution is 0.242. The van der Waals surface area contributed by atoms with Crippen LogP contribution in [0.2, 0.25) is 0 Å². The minimum Gasteiger partial charge on any atom is -0.491 e. The van der Waals surface area contributed by atoms with Crippen LogP contribution in [0.3, 0.4) is 0 Å². The third kappa shape index (κ3) is 4.40. The molecular weight excluding hydrogens is 294 g/mol. The molecule has 0 aliphatic carbocycles. The third-order valence-electron chi connectivity index (χ3n) is 2.72. The maximum atomic E-state index is 8.99. The van der Waals surface area contributed by atoms with Gasteiger partial charge >= 0.3 is 0 Å². The van der Waals surface area contributed by atoms with Gasteiger partial charge < -0.3 is 9.72 Å². The summed E-state index contributed by atoms with van der Waals surface area (Å²) in [6.07, 6.45) is 0.141. The van der Waals surface area contributed by atoms with Crippen LogP contribution in [-0.4, -0.2) is 16.1 Å². The zero-order valence-electron chi connectivity index (χ0n) is 13.6. The van der Waals surface area contributed by atoms with Crippen molar-refractivity contribution in [2.75, 3.05) is 0 Å². The molecule has 22 heavy (non-hydrogen) atoms. The van der Waals surface area contributed by atoms with Gasteiger partial charge in [0.2, 0.25) is 0 Å². The molecule has 0 fully saturated rings. The van der Waals surface area contributed by atoms with Gasteiger partial charge in [-0.3, -0.25) is 0 Å². The predicted octanol–water partition coefficient (Wildman–Crippen LogP) is 4.80. The molecule has 0 aliphatic rings. The second-order valence-electron chi connectivity index (χ2n) is 4.69. The van der Waals surface area contributed by atoms with Crippen molar-refractivity contribution in [3.8, 4) is 23.2 Å². The Morgan fingerprint density at radius 1 is 1.23 bits per heavy atom. The summed E-state index contributed by atoms with van der Waals surface area (Å²) in [5.41, 5.74) is 2.05. The molecule has 1 aromatic carbocycles. The number of nitrogens with one attached hydrogen (secondary N) is 1. The second kappa shape index (κ2) is 8.30. The zero-order chi connectivity index (χ0) is 16.7. The van der Waals surface area contributed by atoms with Gasteiger partial charge in [-0.1, -0.05) is 26.1 Å². The SMILES string of the molecule is CC.Cc1[nH]c(-c2ccc(OC(C)C)cc2)nc(=S)c1C#N. The van der Waals surface area contributed by atoms with E-state index in [1.807, 2.05) is 58.9 Å². The number of rotatable bonds is 3. The normalized spacial score (nSPS) is 9.68. The Kier molecular flexibility index (Phi) is 6.74. The van der Waals surface area contributed by atoms with Crippen LogP contribution >= 0.6 is 12.2 Å². The van der Waals surface area contributed by atoms with Gasteiger partial charge in [-0.15, -0.1) is 0 Å². The highest BCUT2D eigenvalue weighted by molar-refractivity contribution is 7.71. The summed E-state index contributed by atoms with van der Waals surface area (Å²) < 4.78 is 5.92. The molecule has 0 amide bonds. The van der Waals surface area contributed by atoms with Gasteiger partial charge in [-0.25, -0.2) is 4.98 Å². The van der Waals surface area contributed by atoms with E-state index in [0.717, 1.165) is 17.0 Å². The summed E-state index contributed by atoms with van der Waals surface area (Å²) in [5, 5.41) is 8.99. The molecule has 1 aromatic heterocycles. The lowest BCUT2D eigenvalue weighted by Crippen LogP contribution is -2.05. The van der Waals surface area contributed by atoms with Crippen molar-refractivity contribution in [1.82, 2.24) is 9.97 Å². The van der Waals surface area contributed by atoms with Crippen LogP contribution in [0.1, 0.15) is 39.0 Å². The lowest BCUT2D eigenvalue weighted by atomic mass is 10.2. The molecule has 0 spiro atoms. The van der Waals surface area contributed by atoms with Crippen LogP contribution in [0.5, 0.6) is 5.75 Å². The number of nitriles is 1. The van der Waals surface area contributed by atoms with Gasteiger partial charge in [0, 0.05) is 11.3 Å². The molecule has 116 valence electrons. The summed E-state index contributed by atoms with van der Waals surface area (Å²) in [7, 11) is 0. The van der Waals surface area contributed by atoms with E-state index in [1.165, 1.54) is 0 Å². The van der Waals surface area contributed by atoms with E-state index in [-0.39, 0.29) is 6.10 Å². The standard InChI is InChI=1S/C15H15N3OS.C2H6/c1-9(2)19-12-6-4-11(5-7-12)14-17-10(3)13(8-16)15(20)18-14;1-2/h4-7,9H,1-3H3,(H,17,18,20);1-2H3. The average Bonchev–Trinajstić information content (AvgIpc) is 2.49. The highest BCUT2D eigenvalue weighted by atomic mass is 32.1. The molecule has 0 radical (unpaired) electrons. The Morgan fingerprint density at radius 3 is 2.27 bits per heavy atom. The van der Waals surface area contributed by atoms with E-state index in [2.05, 4.69) is 16.0 Å². The Labute approximate surface area is 136 Å². The number of hydrogen-bond acceptors (Lipinski definition) is 4. The molecule has 4 nitrogen and oxygen atoms in total. The third-order valence-corrected chi connectivity index (χ3v) is 3.01. The fourth-order valence-corrected chi connectivity index (χ4v) is 2.11. The Balaban J connectivity index is 0.00000116. The first-order valence-electron chi connectivity index (χ1n) is 7.29. The van der Waals surface area contributed by atoms with E-state index in [0.29, 0.717) is 16.0 Å². The highest BCUT2D eigenvalue weighted by Crippen LogP contribution is 2.21. The van der Waals surface area contributed by atoms with E-state index in [4.69, 9.17) is 22.2 Å². The lowest BCUT2D eigenvalue weighted by Gasteiger charge is -2.10. The van der Waals surface area contributed by atoms with Crippen molar-refractivity contribution in [1.29, 1.82) is 5.26 Å². The number of aryl methyl sites for hydroxylation is 1. The number of aromatic amines is 1. The van der Waals surface area contributed by atoms with Crippen molar-refractivity contribution in [3.63, 3.8) is 0 Å². The first-order chi connectivity index (χ1) is 10.5. The Hall–Kier alpha value is -2.19. The maximum absolute atomic E-state index is 8.99. The van der Waals surface area contributed by atoms with Crippen molar-refractivity contribution >= 4 is 12.2 Å². The minimum atomic E-state index is 0.141. The van der Waals surface area contributed by atoms with Crippen LogP contribution in [0.25, 0.3) is 11.4 Å². The van der Waals surface area contributed by atoms with E-state index < -0.39 is 0 Å². The smallest absolute Gasteiger partial charge is 0.148 e. The van der Waals surface area contributed by atoms with Crippen molar-refractivity contribution in [2.45, 2.75) is 40.7 Å². The zero-order valence-corrected chi connectivity index (χ0v) is 14.4. The van der Waals surface area contributed by atoms with Gasteiger partial charge in [0.05, 0.1) is 6.10 Å². The highest BCUT2D eigenvalue weighted by Gasteiger charge is 2.07. The number of hydrogen-bond donors (Lipinski definition) is 1. The van der Waals surface area contributed by atoms with Crippen LogP contribution < -0.4 is 4.74 Å². The number of nitrogens with zero attached hydrogens (tertiary/aromatic N) is 2. The van der Waals surface area contributed by atoms with Crippen LogP contribution in [-0.2, 0) is 0 Å². The van der Waals surface area contributed by atoms with Gasteiger partial charge in [0.15, 0.2) is 0 Å². The van der Waals surface area contributed by atoms with Crippen LogP contribution in [0, 0.1) is 22.9 Å². The van der Waals surface area contributed by atoms with E-state index >= 15 is 0 Å². The molecule has 0 saturated heterocycles. The van der Waals surface area contributed by atoms with E-state index in [9.17, 15) is 0 Å². The summed E-state index contributed by atoms with van der Waals surface area (Å²) >= 11 is 5.13. The van der Waals surface area contributed by atoms with Crippen molar-refractivity contribution in [2.24, 2.45) is 0 Å². The number of H-pyrrole nitrogens is 1. The number of benzene rings is 1. The Bertz CT molecular complexity index is 712. The topological polar surface area (TPSA) is 61.7 Å².